The Morgan fingerprint density at radius 3 is 2.90 bits per heavy atom. The third-order valence-electron chi connectivity index (χ3n) is 4.50. The molecular weight excluding hydrogens is 264 g/mol. The predicted octanol–water partition coefficient (Wildman–Crippen LogP) is 2.64. The highest BCUT2D eigenvalue weighted by Crippen LogP contribution is 2.30. The molecule has 0 aliphatic heterocycles. The summed E-state index contributed by atoms with van der Waals surface area (Å²) < 4.78 is 5.23. The first-order valence-electron chi connectivity index (χ1n) is 7.80. The van der Waals surface area contributed by atoms with Crippen molar-refractivity contribution in [2.45, 2.75) is 38.6 Å². The summed E-state index contributed by atoms with van der Waals surface area (Å²) in [5.74, 6) is 1.35. The van der Waals surface area contributed by atoms with E-state index in [1.807, 2.05) is 31.2 Å². The second-order valence-electron chi connectivity index (χ2n) is 5.89. The number of amides is 1. The van der Waals surface area contributed by atoms with E-state index >= 15 is 0 Å². The quantitative estimate of drug-likeness (QED) is 0.876. The molecule has 0 aromatic heterocycles. The minimum atomic E-state index is -0.0204. The van der Waals surface area contributed by atoms with Crippen LogP contribution in [0.1, 0.15) is 44.2 Å². The average molecular weight is 290 g/mol. The zero-order chi connectivity index (χ0) is 15.2. The standard InChI is InChI=1S/C17H26N2O2/c1-12(13-7-5-8-15(10-13)21-2)19-17(20)16-9-4-3-6-14(16)11-18/h5,7-8,10,12,14,16H,3-4,6,9,11,18H2,1-2H3,(H,19,20)/t12-,14?,16?/m0/s1. The van der Waals surface area contributed by atoms with E-state index in [0.29, 0.717) is 12.5 Å². The van der Waals surface area contributed by atoms with Crippen molar-refractivity contribution >= 4 is 5.91 Å². The fourth-order valence-electron chi connectivity index (χ4n) is 3.15. The van der Waals surface area contributed by atoms with Gasteiger partial charge in [0, 0.05) is 5.92 Å². The minimum Gasteiger partial charge on any atom is -0.497 e. The first-order chi connectivity index (χ1) is 10.2. The summed E-state index contributed by atoms with van der Waals surface area (Å²) in [6.45, 7) is 2.61. The normalized spacial score (nSPS) is 23.4. The molecule has 1 fully saturated rings. The lowest BCUT2D eigenvalue weighted by Gasteiger charge is -2.30. The van der Waals surface area contributed by atoms with Crippen LogP contribution in [-0.4, -0.2) is 19.6 Å². The molecule has 3 N–H and O–H groups in total. The summed E-state index contributed by atoms with van der Waals surface area (Å²) >= 11 is 0. The Balaban J connectivity index is 2.00. The van der Waals surface area contributed by atoms with Crippen molar-refractivity contribution in [3.8, 4) is 5.75 Å². The lowest BCUT2D eigenvalue weighted by Crippen LogP contribution is -2.40. The average Bonchev–Trinajstić information content (AvgIpc) is 2.54. The maximum absolute atomic E-state index is 12.5. The largest absolute Gasteiger partial charge is 0.497 e. The lowest BCUT2D eigenvalue weighted by atomic mass is 9.78. The third-order valence-corrected chi connectivity index (χ3v) is 4.50. The molecule has 1 aromatic rings. The number of nitrogens with two attached hydrogens (primary N) is 1. The highest BCUT2D eigenvalue weighted by molar-refractivity contribution is 5.79. The maximum atomic E-state index is 12.5. The van der Waals surface area contributed by atoms with Gasteiger partial charge in [-0.1, -0.05) is 25.0 Å². The molecule has 1 aliphatic rings. The molecule has 1 amide bonds. The molecule has 3 atom stereocenters. The molecule has 2 rings (SSSR count). The Bertz CT molecular complexity index is 476. The van der Waals surface area contributed by atoms with Crippen molar-refractivity contribution in [2.24, 2.45) is 17.6 Å². The van der Waals surface area contributed by atoms with E-state index < -0.39 is 0 Å². The number of hydrogen-bond donors (Lipinski definition) is 2. The fourth-order valence-corrected chi connectivity index (χ4v) is 3.15. The van der Waals surface area contributed by atoms with Crippen LogP contribution in [0.5, 0.6) is 5.75 Å². The van der Waals surface area contributed by atoms with Gasteiger partial charge >= 0.3 is 0 Å². The van der Waals surface area contributed by atoms with E-state index in [1.54, 1.807) is 7.11 Å². The topological polar surface area (TPSA) is 64.3 Å². The molecule has 4 heteroatoms. The number of rotatable bonds is 5. The lowest BCUT2D eigenvalue weighted by molar-refractivity contribution is -0.128. The molecule has 0 saturated heterocycles. The second-order valence-corrected chi connectivity index (χ2v) is 5.89. The molecule has 1 aromatic carbocycles. The molecule has 0 bridgehead atoms. The zero-order valence-electron chi connectivity index (χ0n) is 13.0. The van der Waals surface area contributed by atoms with Crippen molar-refractivity contribution in [2.75, 3.05) is 13.7 Å². The Morgan fingerprint density at radius 2 is 2.19 bits per heavy atom. The van der Waals surface area contributed by atoms with Gasteiger partial charge in [0.15, 0.2) is 0 Å². The maximum Gasteiger partial charge on any atom is 0.223 e. The van der Waals surface area contributed by atoms with Gasteiger partial charge in [-0.25, -0.2) is 0 Å². The number of hydrogen-bond acceptors (Lipinski definition) is 3. The summed E-state index contributed by atoms with van der Waals surface area (Å²) in [4.78, 5) is 12.5. The molecule has 0 radical (unpaired) electrons. The SMILES string of the molecule is COc1cccc([C@H](C)NC(=O)C2CCCCC2CN)c1. The van der Waals surface area contributed by atoms with Crippen LogP contribution in [0.3, 0.4) is 0 Å². The van der Waals surface area contributed by atoms with Crippen LogP contribution >= 0.6 is 0 Å². The van der Waals surface area contributed by atoms with Crippen molar-refractivity contribution < 1.29 is 9.53 Å². The first kappa shape index (κ1) is 15.8. The Labute approximate surface area is 127 Å². The van der Waals surface area contributed by atoms with Gasteiger partial charge in [0.2, 0.25) is 5.91 Å². The van der Waals surface area contributed by atoms with Gasteiger partial charge in [-0.05, 0) is 49.9 Å². The Morgan fingerprint density at radius 1 is 1.43 bits per heavy atom. The summed E-state index contributed by atoms with van der Waals surface area (Å²) in [6.07, 6.45) is 4.35. The van der Waals surface area contributed by atoms with Crippen molar-refractivity contribution in [3.63, 3.8) is 0 Å². The van der Waals surface area contributed by atoms with Crippen LogP contribution in [0.2, 0.25) is 0 Å². The Kier molecular flexibility index (Phi) is 5.62. The summed E-state index contributed by atoms with van der Waals surface area (Å²) in [7, 11) is 1.65. The van der Waals surface area contributed by atoms with E-state index in [-0.39, 0.29) is 17.9 Å². The predicted molar refractivity (Wildman–Crippen MR) is 84.1 cm³/mol. The molecule has 0 spiro atoms. The van der Waals surface area contributed by atoms with Gasteiger partial charge in [0.25, 0.3) is 0 Å². The number of nitrogens with one attached hydrogen (secondary N) is 1. The molecular formula is C17H26N2O2. The summed E-state index contributed by atoms with van der Waals surface area (Å²) in [5.41, 5.74) is 6.87. The highest BCUT2D eigenvalue weighted by Gasteiger charge is 2.30. The van der Waals surface area contributed by atoms with Gasteiger partial charge in [-0.15, -0.1) is 0 Å². The zero-order valence-corrected chi connectivity index (χ0v) is 13.0. The van der Waals surface area contributed by atoms with Crippen LogP contribution in [-0.2, 0) is 4.79 Å². The summed E-state index contributed by atoms with van der Waals surface area (Å²) in [6, 6.07) is 7.80. The number of benzene rings is 1. The molecule has 0 heterocycles. The third kappa shape index (κ3) is 3.97. The molecule has 116 valence electrons. The van der Waals surface area contributed by atoms with Gasteiger partial charge in [0.1, 0.15) is 5.75 Å². The smallest absolute Gasteiger partial charge is 0.223 e. The molecule has 1 aliphatic carbocycles. The van der Waals surface area contributed by atoms with Crippen LogP contribution < -0.4 is 15.8 Å². The van der Waals surface area contributed by atoms with E-state index in [2.05, 4.69) is 5.32 Å². The van der Waals surface area contributed by atoms with Crippen LogP contribution in [0.4, 0.5) is 0 Å². The molecule has 21 heavy (non-hydrogen) atoms. The van der Waals surface area contributed by atoms with Crippen LogP contribution in [0.15, 0.2) is 24.3 Å². The van der Waals surface area contributed by atoms with E-state index in [9.17, 15) is 4.79 Å². The highest BCUT2D eigenvalue weighted by atomic mass is 16.5. The van der Waals surface area contributed by atoms with Crippen molar-refractivity contribution in [1.82, 2.24) is 5.32 Å². The first-order valence-corrected chi connectivity index (χ1v) is 7.80. The van der Waals surface area contributed by atoms with Gasteiger partial charge < -0.3 is 15.8 Å². The number of carbonyl (C=O) groups is 1. The fraction of sp³-hybridized carbons (Fsp3) is 0.588. The second kappa shape index (κ2) is 7.46. The van der Waals surface area contributed by atoms with E-state index in [0.717, 1.165) is 30.6 Å². The van der Waals surface area contributed by atoms with Crippen molar-refractivity contribution in [1.29, 1.82) is 0 Å². The number of ether oxygens (including phenoxy) is 1. The van der Waals surface area contributed by atoms with Gasteiger partial charge in [-0.3, -0.25) is 4.79 Å². The number of carbonyl (C=O) groups excluding carboxylic acids is 1. The minimum absolute atomic E-state index is 0.0204. The molecule has 1 saturated carbocycles. The van der Waals surface area contributed by atoms with Gasteiger partial charge in [0.05, 0.1) is 13.2 Å². The van der Waals surface area contributed by atoms with Crippen molar-refractivity contribution in [3.05, 3.63) is 29.8 Å². The Hall–Kier alpha value is -1.55. The monoisotopic (exact) mass is 290 g/mol. The molecule has 2 unspecified atom stereocenters. The van der Waals surface area contributed by atoms with E-state index in [1.165, 1.54) is 6.42 Å². The van der Waals surface area contributed by atoms with Gasteiger partial charge in [-0.2, -0.15) is 0 Å². The van der Waals surface area contributed by atoms with E-state index in [4.69, 9.17) is 10.5 Å². The molecule has 4 nitrogen and oxygen atoms in total. The summed E-state index contributed by atoms with van der Waals surface area (Å²) in [5, 5.41) is 3.13. The number of methoxy groups -OCH3 is 1. The van der Waals surface area contributed by atoms with Crippen LogP contribution in [0.25, 0.3) is 0 Å². The van der Waals surface area contributed by atoms with Crippen LogP contribution in [0, 0.1) is 11.8 Å².